The van der Waals surface area contributed by atoms with Crippen molar-refractivity contribution in [1.29, 1.82) is 0 Å². The number of esters is 1. The summed E-state index contributed by atoms with van der Waals surface area (Å²) in [5, 5.41) is 14.6. The number of rotatable bonds is 10. The predicted molar refractivity (Wildman–Crippen MR) is 163 cm³/mol. The van der Waals surface area contributed by atoms with Crippen molar-refractivity contribution in [2.24, 2.45) is 0 Å². The average Bonchev–Trinajstić information content (AvgIpc) is 3.61. The molecule has 3 heterocycles. The van der Waals surface area contributed by atoms with Gasteiger partial charge in [0.05, 0.1) is 12.9 Å². The van der Waals surface area contributed by atoms with E-state index >= 15 is 0 Å². The van der Waals surface area contributed by atoms with Gasteiger partial charge < -0.3 is 24.8 Å². The number of hydrogen-bond donors (Lipinski definition) is 3. The minimum Gasteiger partial charge on any atom is -0.461 e. The Morgan fingerprint density at radius 1 is 1.18 bits per heavy atom. The zero-order valence-corrected chi connectivity index (χ0v) is 25.6. The van der Waals surface area contributed by atoms with Gasteiger partial charge in [0.2, 0.25) is 0 Å². The second kappa shape index (κ2) is 12.8. The standard InChI is InChI=1S/C30H37N6O7P/c1-18(30(38)40-21-11-4-3-5-12-21)35-44(39,42-23-14-8-10-20-9-6-7-13-22(20)23)43-24-15-26(41-25(24)16-37)36-17-32-27-28(31)33-19(2)34-29(27)36/h6-10,13-14,17-18,21,24-26,37H,3-5,11-12,15-16H2,1-2H3,(H,35,39)(H2,31,33,34)/t18-,24+,25+,26+,44?/m0/s1. The van der Waals surface area contributed by atoms with Gasteiger partial charge in [-0.15, -0.1) is 0 Å². The topological polar surface area (TPSA) is 173 Å². The number of aliphatic hydroxyl groups excluding tert-OH is 1. The molecule has 1 saturated heterocycles. The summed E-state index contributed by atoms with van der Waals surface area (Å²) in [5.74, 6) is 0.472. The number of aliphatic hydroxyl groups is 1. The molecule has 1 saturated carbocycles. The van der Waals surface area contributed by atoms with Gasteiger partial charge in [-0.05, 0) is 51.0 Å². The SMILES string of the molecule is Cc1nc(N)c2ncn([C@H]3C[C@@H](OP(=O)(N[C@@H](C)C(=O)OC4CCCCC4)Oc4cccc5ccccc45)[C@@H](CO)O3)c2n1. The molecule has 2 aromatic carbocycles. The van der Waals surface area contributed by atoms with Crippen LogP contribution >= 0.6 is 7.75 Å². The van der Waals surface area contributed by atoms with Crippen molar-refractivity contribution >= 4 is 41.5 Å². The maximum Gasteiger partial charge on any atom is 0.459 e. The Kier molecular flexibility index (Phi) is 8.84. The first-order valence-electron chi connectivity index (χ1n) is 14.9. The number of nitrogens with one attached hydrogen (secondary N) is 1. The molecule has 234 valence electrons. The number of carbonyl (C=O) groups is 1. The molecule has 4 aromatic rings. The van der Waals surface area contributed by atoms with Crippen LogP contribution in [-0.2, 0) is 23.4 Å². The summed E-state index contributed by atoms with van der Waals surface area (Å²) < 4.78 is 40.4. The first-order valence-corrected chi connectivity index (χ1v) is 16.4. The Hall–Kier alpha value is -3.61. The zero-order chi connectivity index (χ0) is 30.8. The summed E-state index contributed by atoms with van der Waals surface area (Å²) in [6.07, 6.45) is 3.83. The van der Waals surface area contributed by atoms with E-state index in [9.17, 15) is 14.5 Å². The Morgan fingerprint density at radius 3 is 2.75 bits per heavy atom. The predicted octanol–water partition coefficient (Wildman–Crippen LogP) is 4.58. The molecular formula is C30H37N6O7P. The number of imidazole rings is 1. The third-order valence-corrected chi connectivity index (χ3v) is 9.70. The number of hydrogen-bond acceptors (Lipinski definition) is 11. The van der Waals surface area contributed by atoms with Crippen LogP contribution in [0.2, 0.25) is 0 Å². The van der Waals surface area contributed by atoms with Gasteiger partial charge in [-0.1, -0.05) is 42.8 Å². The largest absolute Gasteiger partial charge is 0.461 e. The molecule has 44 heavy (non-hydrogen) atoms. The molecule has 0 amide bonds. The molecule has 14 heteroatoms. The summed E-state index contributed by atoms with van der Waals surface area (Å²) in [6.45, 7) is 2.87. The first kappa shape index (κ1) is 30.4. The van der Waals surface area contributed by atoms with E-state index in [0.29, 0.717) is 22.7 Å². The maximum atomic E-state index is 14.6. The van der Waals surface area contributed by atoms with Crippen LogP contribution in [0.15, 0.2) is 48.8 Å². The highest BCUT2D eigenvalue weighted by Gasteiger charge is 2.44. The average molecular weight is 625 g/mol. The van der Waals surface area contributed by atoms with Gasteiger partial charge >= 0.3 is 13.7 Å². The number of aromatic nitrogens is 4. The summed E-state index contributed by atoms with van der Waals surface area (Å²) >= 11 is 0. The summed E-state index contributed by atoms with van der Waals surface area (Å²) in [5.41, 5.74) is 6.92. The van der Waals surface area contributed by atoms with E-state index in [-0.39, 0.29) is 18.3 Å². The molecule has 6 rings (SSSR count). The van der Waals surface area contributed by atoms with E-state index < -0.39 is 44.8 Å². The molecular weight excluding hydrogens is 587 g/mol. The van der Waals surface area contributed by atoms with Gasteiger partial charge in [-0.25, -0.2) is 19.5 Å². The van der Waals surface area contributed by atoms with Crippen molar-refractivity contribution in [3.05, 3.63) is 54.6 Å². The van der Waals surface area contributed by atoms with Crippen LogP contribution < -0.4 is 15.3 Å². The van der Waals surface area contributed by atoms with Crippen LogP contribution in [0, 0.1) is 6.92 Å². The first-order chi connectivity index (χ1) is 21.2. The second-order valence-electron chi connectivity index (χ2n) is 11.3. The zero-order valence-electron chi connectivity index (χ0n) is 24.7. The van der Waals surface area contributed by atoms with E-state index in [1.807, 2.05) is 30.3 Å². The lowest BCUT2D eigenvalue weighted by Gasteiger charge is -2.28. The molecule has 2 aliphatic rings. The van der Waals surface area contributed by atoms with Gasteiger partial charge in [0.25, 0.3) is 0 Å². The van der Waals surface area contributed by atoms with Crippen molar-refractivity contribution in [2.75, 3.05) is 12.3 Å². The van der Waals surface area contributed by atoms with Gasteiger partial charge in [-0.3, -0.25) is 13.9 Å². The lowest BCUT2D eigenvalue weighted by Crippen LogP contribution is -2.39. The van der Waals surface area contributed by atoms with E-state index in [1.165, 1.54) is 6.33 Å². The van der Waals surface area contributed by atoms with E-state index in [0.717, 1.165) is 42.9 Å². The summed E-state index contributed by atoms with van der Waals surface area (Å²) in [7, 11) is -4.29. The number of nitrogens with two attached hydrogens (primary N) is 1. The van der Waals surface area contributed by atoms with Crippen molar-refractivity contribution in [2.45, 2.75) is 83.0 Å². The molecule has 2 aromatic heterocycles. The molecule has 1 aliphatic heterocycles. The number of nitrogen functional groups attached to an aromatic ring is 1. The smallest absolute Gasteiger partial charge is 0.459 e. The Morgan fingerprint density at radius 2 is 1.95 bits per heavy atom. The van der Waals surface area contributed by atoms with E-state index in [4.69, 9.17) is 24.3 Å². The maximum absolute atomic E-state index is 14.6. The van der Waals surface area contributed by atoms with Crippen LogP contribution in [0.3, 0.4) is 0 Å². The highest BCUT2D eigenvalue weighted by atomic mass is 31.2. The molecule has 1 aliphatic carbocycles. The van der Waals surface area contributed by atoms with Crippen LogP contribution in [0.25, 0.3) is 21.9 Å². The van der Waals surface area contributed by atoms with E-state index in [2.05, 4.69) is 20.0 Å². The highest BCUT2D eigenvalue weighted by molar-refractivity contribution is 7.52. The number of benzene rings is 2. The summed E-state index contributed by atoms with van der Waals surface area (Å²) in [4.78, 5) is 26.0. The minimum atomic E-state index is -4.29. The second-order valence-corrected chi connectivity index (χ2v) is 12.9. The van der Waals surface area contributed by atoms with Gasteiger partial charge in [0.1, 0.15) is 47.7 Å². The van der Waals surface area contributed by atoms with E-state index in [1.54, 1.807) is 30.5 Å². The monoisotopic (exact) mass is 624 g/mol. The lowest BCUT2D eigenvalue weighted by molar-refractivity contribution is -0.152. The number of aryl methyl sites for hydroxylation is 1. The van der Waals surface area contributed by atoms with Gasteiger partial charge in [0, 0.05) is 11.8 Å². The minimum absolute atomic E-state index is 0.172. The van der Waals surface area contributed by atoms with Crippen LogP contribution in [0.5, 0.6) is 5.75 Å². The Labute approximate surface area is 254 Å². The molecule has 4 N–H and O–H groups in total. The summed E-state index contributed by atoms with van der Waals surface area (Å²) in [6, 6.07) is 11.9. The van der Waals surface area contributed by atoms with Gasteiger partial charge in [0.15, 0.2) is 11.5 Å². The van der Waals surface area contributed by atoms with Crippen LogP contribution in [0.4, 0.5) is 5.82 Å². The number of anilines is 1. The number of fused-ring (bicyclic) bond motifs is 2. The number of ether oxygens (including phenoxy) is 2. The fourth-order valence-corrected chi connectivity index (χ4v) is 7.54. The molecule has 0 radical (unpaired) electrons. The molecule has 5 atom stereocenters. The third kappa shape index (κ3) is 6.43. The quantitative estimate of drug-likeness (QED) is 0.166. The molecule has 1 unspecified atom stereocenters. The Balaban J connectivity index is 1.27. The molecule has 13 nitrogen and oxygen atoms in total. The molecule has 0 bridgehead atoms. The van der Waals surface area contributed by atoms with Crippen molar-refractivity contribution in [3.63, 3.8) is 0 Å². The Bertz CT molecular complexity index is 1690. The van der Waals surface area contributed by atoms with Crippen molar-refractivity contribution in [1.82, 2.24) is 24.6 Å². The number of carbonyl (C=O) groups excluding carboxylic acids is 1. The van der Waals surface area contributed by atoms with Crippen LogP contribution in [0.1, 0.15) is 57.5 Å². The van der Waals surface area contributed by atoms with Crippen LogP contribution in [-0.4, -0.2) is 61.6 Å². The lowest BCUT2D eigenvalue weighted by atomic mass is 9.98. The van der Waals surface area contributed by atoms with Crippen molar-refractivity contribution < 1.29 is 33.0 Å². The normalized spacial score (nSPS) is 23.0. The van der Waals surface area contributed by atoms with Gasteiger partial charge in [-0.2, -0.15) is 5.09 Å². The highest BCUT2D eigenvalue weighted by Crippen LogP contribution is 2.50. The fraction of sp³-hybridized carbons (Fsp3) is 0.467. The fourth-order valence-electron chi connectivity index (χ4n) is 5.81. The number of nitrogens with zero attached hydrogens (tertiary/aromatic N) is 4. The van der Waals surface area contributed by atoms with Crippen molar-refractivity contribution in [3.8, 4) is 5.75 Å². The third-order valence-electron chi connectivity index (χ3n) is 8.01. The molecule has 2 fully saturated rings. The molecule has 0 spiro atoms.